The summed E-state index contributed by atoms with van der Waals surface area (Å²) in [4.78, 5) is 31.3. The molecule has 11 heteroatoms. The number of benzene rings is 1. The lowest BCUT2D eigenvalue weighted by Gasteiger charge is -2.13. The number of imidazole rings is 1. The zero-order valence-electron chi connectivity index (χ0n) is 13.9. The molecule has 1 aliphatic heterocycles. The molecule has 27 heavy (non-hydrogen) atoms. The van der Waals surface area contributed by atoms with E-state index in [1.165, 1.54) is 46.1 Å². The van der Waals surface area contributed by atoms with Gasteiger partial charge in [0.2, 0.25) is 0 Å². The Morgan fingerprint density at radius 1 is 1.26 bits per heavy atom. The Morgan fingerprint density at radius 3 is 2.63 bits per heavy atom. The predicted molar refractivity (Wildman–Crippen MR) is 91.4 cm³/mol. The quantitative estimate of drug-likeness (QED) is 0.485. The molecule has 3 aromatic rings. The van der Waals surface area contributed by atoms with Crippen LogP contribution in [0.3, 0.4) is 0 Å². The van der Waals surface area contributed by atoms with Gasteiger partial charge in [-0.25, -0.2) is 9.97 Å². The van der Waals surface area contributed by atoms with Crippen LogP contribution in [-0.2, 0) is 4.74 Å². The zero-order valence-corrected chi connectivity index (χ0v) is 13.9. The van der Waals surface area contributed by atoms with E-state index in [-0.39, 0.29) is 29.9 Å². The normalized spacial score (nSPS) is 22.4. The molecule has 1 saturated heterocycles. The first-order chi connectivity index (χ1) is 13.0. The van der Waals surface area contributed by atoms with Gasteiger partial charge in [-0.05, 0) is 12.1 Å². The molecular formula is C16H15N5O6. The Labute approximate surface area is 151 Å². The summed E-state index contributed by atoms with van der Waals surface area (Å²) in [5, 5.41) is 29.8. The minimum atomic E-state index is -0.821. The molecule has 3 atom stereocenters. The van der Waals surface area contributed by atoms with Gasteiger partial charge < -0.3 is 14.9 Å². The van der Waals surface area contributed by atoms with Gasteiger partial charge in [-0.2, -0.15) is 0 Å². The largest absolute Gasteiger partial charge is 0.394 e. The topological polar surface area (TPSA) is 146 Å². The van der Waals surface area contributed by atoms with Crippen molar-refractivity contribution in [3.8, 4) is 5.69 Å². The number of nitro benzene ring substituents is 1. The van der Waals surface area contributed by atoms with Crippen LogP contribution in [0.5, 0.6) is 0 Å². The molecule has 1 aromatic carbocycles. The maximum atomic E-state index is 12.7. The van der Waals surface area contributed by atoms with Gasteiger partial charge in [-0.1, -0.05) is 0 Å². The lowest BCUT2D eigenvalue weighted by Crippen LogP contribution is -2.24. The summed E-state index contributed by atoms with van der Waals surface area (Å²) in [6, 6.07) is 5.50. The molecule has 0 saturated carbocycles. The van der Waals surface area contributed by atoms with E-state index < -0.39 is 28.9 Å². The maximum absolute atomic E-state index is 12.7. The van der Waals surface area contributed by atoms with E-state index in [1.54, 1.807) is 0 Å². The molecule has 0 spiro atoms. The van der Waals surface area contributed by atoms with E-state index >= 15 is 0 Å². The monoisotopic (exact) mass is 373 g/mol. The number of nitro groups is 1. The highest BCUT2D eigenvalue weighted by molar-refractivity contribution is 5.69. The molecule has 0 bridgehead atoms. The van der Waals surface area contributed by atoms with Crippen LogP contribution in [0.25, 0.3) is 16.9 Å². The van der Waals surface area contributed by atoms with Crippen molar-refractivity contribution in [1.29, 1.82) is 0 Å². The summed E-state index contributed by atoms with van der Waals surface area (Å²) in [5.74, 6) is 0. The zero-order chi connectivity index (χ0) is 19.1. The molecule has 11 nitrogen and oxygen atoms in total. The molecule has 0 aliphatic carbocycles. The van der Waals surface area contributed by atoms with Crippen LogP contribution in [-0.4, -0.2) is 53.1 Å². The summed E-state index contributed by atoms with van der Waals surface area (Å²) in [5.41, 5.74) is 0.281. The highest BCUT2D eigenvalue weighted by atomic mass is 16.6. The maximum Gasteiger partial charge on any atom is 0.286 e. The number of hydrogen-bond acceptors (Lipinski definition) is 8. The second-order valence-electron chi connectivity index (χ2n) is 6.13. The number of ether oxygens (including phenoxy) is 1. The fourth-order valence-electron chi connectivity index (χ4n) is 3.09. The number of nitrogens with zero attached hydrogens (tertiary/aromatic N) is 5. The van der Waals surface area contributed by atoms with Gasteiger partial charge in [0.15, 0.2) is 11.2 Å². The Hall–Kier alpha value is -3.15. The van der Waals surface area contributed by atoms with E-state index in [0.717, 1.165) is 0 Å². The van der Waals surface area contributed by atoms with Crippen LogP contribution in [0.2, 0.25) is 0 Å². The molecule has 3 heterocycles. The molecule has 4 rings (SSSR count). The van der Waals surface area contributed by atoms with Crippen LogP contribution >= 0.6 is 0 Å². The molecule has 0 radical (unpaired) electrons. The molecule has 0 unspecified atom stereocenters. The third-order valence-electron chi connectivity index (χ3n) is 4.52. The van der Waals surface area contributed by atoms with E-state index in [0.29, 0.717) is 5.69 Å². The van der Waals surface area contributed by atoms with Gasteiger partial charge in [0, 0.05) is 18.6 Å². The third-order valence-corrected chi connectivity index (χ3v) is 4.52. The van der Waals surface area contributed by atoms with Gasteiger partial charge in [-0.15, -0.1) is 0 Å². The van der Waals surface area contributed by atoms with Crippen molar-refractivity contribution < 1.29 is 19.9 Å². The molecular weight excluding hydrogens is 358 g/mol. The smallest absolute Gasteiger partial charge is 0.286 e. The van der Waals surface area contributed by atoms with Gasteiger partial charge >= 0.3 is 0 Å². The highest BCUT2D eigenvalue weighted by Crippen LogP contribution is 2.30. The molecule has 2 aromatic heterocycles. The van der Waals surface area contributed by atoms with Crippen LogP contribution in [0.1, 0.15) is 12.6 Å². The van der Waals surface area contributed by atoms with E-state index in [1.807, 2.05) is 0 Å². The fraction of sp³-hybridized carbons (Fsp3) is 0.312. The van der Waals surface area contributed by atoms with Gasteiger partial charge in [0.1, 0.15) is 18.7 Å². The van der Waals surface area contributed by atoms with Crippen molar-refractivity contribution >= 4 is 16.9 Å². The summed E-state index contributed by atoms with van der Waals surface area (Å²) >= 11 is 0. The minimum Gasteiger partial charge on any atom is -0.394 e. The number of aliphatic hydroxyl groups excluding tert-OH is 2. The molecule has 1 fully saturated rings. The van der Waals surface area contributed by atoms with Gasteiger partial charge in [-0.3, -0.25) is 24.0 Å². The number of non-ortho nitro benzene ring substituents is 1. The van der Waals surface area contributed by atoms with Crippen molar-refractivity contribution in [2.24, 2.45) is 0 Å². The number of rotatable bonds is 4. The lowest BCUT2D eigenvalue weighted by molar-refractivity contribution is -0.384. The van der Waals surface area contributed by atoms with Crippen molar-refractivity contribution in [1.82, 2.24) is 19.1 Å². The highest BCUT2D eigenvalue weighted by Gasteiger charge is 2.35. The molecule has 0 amide bonds. The van der Waals surface area contributed by atoms with Crippen LogP contribution in [0.4, 0.5) is 5.69 Å². The molecule has 1 aliphatic rings. The van der Waals surface area contributed by atoms with Crippen molar-refractivity contribution in [3.05, 3.63) is 57.4 Å². The number of fused-ring (bicyclic) bond motifs is 1. The van der Waals surface area contributed by atoms with E-state index in [4.69, 9.17) is 4.74 Å². The predicted octanol–water partition coefficient (Wildman–Crippen LogP) is 0.131. The first-order valence-corrected chi connectivity index (χ1v) is 8.13. The van der Waals surface area contributed by atoms with Crippen molar-refractivity contribution in [2.45, 2.75) is 24.9 Å². The Bertz CT molecular complexity index is 1060. The Balaban J connectivity index is 1.72. The second kappa shape index (κ2) is 6.54. The third kappa shape index (κ3) is 2.87. The summed E-state index contributed by atoms with van der Waals surface area (Å²) < 4.78 is 8.35. The first kappa shape index (κ1) is 17.3. The van der Waals surface area contributed by atoms with Crippen molar-refractivity contribution in [2.75, 3.05) is 6.61 Å². The first-order valence-electron chi connectivity index (χ1n) is 8.13. The lowest BCUT2D eigenvalue weighted by atomic mass is 10.2. The standard InChI is InChI=1S/C16H15N5O6/c22-6-12-11(23)5-13(27-12)20-7-17-14-15(20)18-8-19(16(14)24)9-1-3-10(4-2-9)21(25)26/h1-4,7-8,11-13,22-23H,5-6H2/t11-,12+,13+/m0/s1. The fourth-order valence-corrected chi connectivity index (χ4v) is 3.09. The summed E-state index contributed by atoms with van der Waals surface area (Å²) in [7, 11) is 0. The number of aliphatic hydroxyl groups is 2. The van der Waals surface area contributed by atoms with Crippen LogP contribution in [0.15, 0.2) is 41.7 Å². The van der Waals surface area contributed by atoms with E-state index in [2.05, 4.69) is 9.97 Å². The van der Waals surface area contributed by atoms with Crippen molar-refractivity contribution in [3.63, 3.8) is 0 Å². The van der Waals surface area contributed by atoms with Crippen LogP contribution < -0.4 is 5.56 Å². The summed E-state index contributed by atoms with van der Waals surface area (Å²) in [6.45, 7) is -0.315. The summed E-state index contributed by atoms with van der Waals surface area (Å²) in [6.07, 6.45) is 0.828. The second-order valence-corrected chi connectivity index (χ2v) is 6.13. The number of aromatic nitrogens is 4. The average Bonchev–Trinajstić information content (AvgIpc) is 3.25. The molecule has 140 valence electrons. The Kier molecular flexibility index (Phi) is 4.18. The number of hydrogen-bond donors (Lipinski definition) is 2. The minimum absolute atomic E-state index is 0.0829. The molecule has 2 N–H and O–H groups in total. The van der Waals surface area contributed by atoms with E-state index in [9.17, 15) is 25.1 Å². The van der Waals surface area contributed by atoms with Gasteiger partial charge in [0.05, 0.1) is 29.6 Å². The van der Waals surface area contributed by atoms with Crippen LogP contribution in [0, 0.1) is 10.1 Å². The Morgan fingerprint density at radius 2 is 2.00 bits per heavy atom. The van der Waals surface area contributed by atoms with Gasteiger partial charge in [0.25, 0.3) is 11.2 Å². The SMILES string of the molecule is O=c1c2ncn([C@H]3C[C@H](O)[C@@H](CO)O3)c2ncn1-c1ccc([N+](=O)[O-])cc1. The average molecular weight is 373 g/mol.